The highest BCUT2D eigenvalue weighted by Crippen LogP contribution is 2.22. The lowest BCUT2D eigenvalue weighted by molar-refractivity contribution is 0.306. The summed E-state index contributed by atoms with van der Waals surface area (Å²) < 4.78 is 5.87. The molecule has 0 radical (unpaired) electrons. The van der Waals surface area contributed by atoms with E-state index in [1.54, 1.807) is 0 Å². The van der Waals surface area contributed by atoms with Crippen molar-refractivity contribution in [2.75, 3.05) is 0 Å². The third kappa shape index (κ3) is 5.32. The lowest BCUT2D eigenvalue weighted by Crippen LogP contribution is -1.98. The molecule has 0 bridgehead atoms. The second-order valence-corrected chi connectivity index (χ2v) is 7.67. The Kier molecular flexibility index (Phi) is 6.19. The summed E-state index contributed by atoms with van der Waals surface area (Å²) >= 11 is 0. The van der Waals surface area contributed by atoms with Gasteiger partial charge in [-0.3, -0.25) is 0 Å². The van der Waals surface area contributed by atoms with E-state index in [1.807, 2.05) is 31.5 Å². The highest BCUT2D eigenvalue weighted by molar-refractivity contribution is 5.64. The van der Waals surface area contributed by atoms with Crippen LogP contribution < -0.4 is 4.74 Å². The Labute approximate surface area is 178 Å². The first-order valence-electron chi connectivity index (χ1n) is 10.3. The fourth-order valence-electron chi connectivity index (χ4n) is 3.26. The van der Waals surface area contributed by atoms with Crippen molar-refractivity contribution in [3.8, 4) is 16.9 Å². The smallest absolute Gasteiger partial charge is 0.128 e. The molecule has 0 unspecified atom stereocenters. The number of rotatable bonds is 7. The van der Waals surface area contributed by atoms with Gasteiger partial charge < -0.3 is 4.74 Å². The molecule has 0 fully saturated rings. The molecule has 0 aliphatic rings. The summed E-state index contributed by atoms with van der Waals surface area (Å²) in [5.74, 6) is 1.80. The number of nitrogens with zero attached hydrogens (tertiary/aromatic N) is 2. The third-order valence-electron chi connectivity index (χ3n) is 5.14. The Hall–Kier alpha value is -3.46. The lowest BCUT2D eigenvalue weighted by Gasteiger charge is -2.08. The molecule has 0 saturated heterocycles. The topological polar surface area (TPSA) is 35.0 Å². The zero-order valence-corrected chi connectivity index (χ0v) is 17.5. The van der Waals surface area contributed by atoms with Gasteiger partial charge in [-0.2, -0.15) is 0 Å². The van der Waals surface area contributed by atoms with Crippen LogP contribution in [0.2, 0.25) is 0 Å². The molecule has 1 aromatic heterocycles. The van der Waals surface area contributed by atoms with Crippen LogP contribution in [-0.4, -0.2) is 9.97 Å². The third-order valence-corrected chi connectivity index (χ3v) is 5.14. The summed E-state index contributed by atoms with van der Waals surface area (Å²) in [5.41, 5.74) is 7.22. The Bertz CT molecular complexity index is 977. The van der Waals surface area contributed by atoms with Crippen LogP contribution >= 0.6 is 0 Å². The SMILES string of the molecule is Cc1ccc(OCc2ccc(-c3ccc(CCc4ncc(C)cn4)cc3)cc2)cc1. The summed E-state index contributed by atoms with van der Waals surface area (Å²) in [6.07, 6.45) is 5.55. The standard InChI is InChI=1S/C27H26N2O/c1-20-3-14-26(15-4-20)30-19-23-7-12-25(13-8-23)24-10-5-22(6-11-24)9-16-27-28-17-21(2)18-29-27/h3-8,10-15,17-18H,9,16,19H2,1-2H3. The first-order chi connectivity index (χ1) is 14.7. The normalized spacial score (nSPS) is 10.7. The van der Waals surface area contributed by atoms with Crippen LogP contribution in [0.1, 0.15) is 28.1 Å². The minimum absolute atomic E-state index is 0.573. The first-order valence-corrected chi connectivity index (χ1v) is 10.3. The monoisotopic (exact) mass is 394 g/mol. The quantitative estimate of drug-likeness (QED) is 0.378. The van der Waals surface area contributed by atoms with Crippen LogP contribution in [-0.2, 0) is 19.4 Å². The summed E-state index contributed by atoms with van der Waals surface area (Å²) in [4.78, 5) is 8.77. The van der Waals surface area contributed by atoms with Crippen LogP contribution in [0.4, 0.5) is 0 Å². The Morgan fingerprint density at radius 3 is 1.77 bits per heavy atom. The minimum atomic E-state index is 0.573. The molecule has 30 heavy (non-hydrogen) atoms. The summed E-state index contributed by atoms with van der Waals surface area (Å²) in [6.45, 7) is 4.66. The van der Waals surface area contributed by atoms with Crippen molar-refractivity contribution in [3.63, 3.8) is 0 Å². The predicted octanol–water partition coefficient (Wildman–Crippen LogP) is 6.12. The average Bonchev–Trinajstić information content (AvgIpc) is 2.79. The van der Waals surface area contributed by atoms with Gasteiger partial charge in [-0.25, -0.2) is 9.97 Å². The lowest BCUT2D eigenvalue weighted by atomic mass is 10.0. The van der Waals surface area contributed by atoms with Gasteiger partial charge in [0.05, 0.1) is 0 Å². The predicted molar refractivity (Wildman–Crippen MR) is 122 cm³/mol. The van der Waals surface area contributed by atoms with Gasteiger partial charge in [0, 0.05) is 18.8 Å². The Morgan fingerprint density at radius 1 is 0.600 bits per heavy atom. The zero-order chi connectivity index (χ0) is 20.8. The van der Waals surface area contributed by atoms with Crippen LogP contribution in [0.5, 0.6) is 5.75 Å². The fourth-order valence-corrected chi connectivity index (χ4v) is 3.26. The molecule has 3 aromatic carbocycles. The highest BCUT2D eigenvalue weighted by Gasteiger charge is 2.02. The number of ether oxygens (including phenoxy) is 1. The maximum Gasteiger partial charge on any atom is 0.128 e. The average molecular weight is 395 g/mol. The van der Waals surface area contributed by atoms with Crippen LogP contribution in [0.3, 0.4) is 0 Å². The van der Waals surface area contributed by atoms with Crippen molar-refractivity contribution in [2.45, 2.75) is 33.3 Å². The highest BCUT2D eigenvalue weighted by atomic mass is 16.5. The van der Waals surface area contributed by atoms with Gasteiger partial charge in [0.15, 0.2) is 0 Å². The van der Waals surface area contributed by atoms with Gasteiger partial charge >= 0.3 is 0 Å². The summed E-state index contributed by atoms with van der Waals surface area (Å²) in [6, 6.07) is 25.5. The van der Waals surface area contributed by atoms with E-state index in [-0.39, 0.29) is 0 Å². The van der Waals surface area contributed by atoms with Crippen molar-refractivity contribution in [2.24, 2.45) is 0 Å². The van der Waals surface area contributed by atoms with Gasteiger partial charge in [0.1, 0.15) is 18.2 Å². The molecule has 0 aliphatic carbocycles. The molecule has 0 saturated carbocycles. The molecule has 0 amide bonds. The van der Waals surface area contributed by atoms with Crippen molar-refractivity contribution in [3.05, 3.63) is 113 Å². The zero-order valence-electron chi connectivity index (χ0n) is 17.5. The molecule has 4 rings (SSSR count). The fraction of sp³-hybridized carbons (Fsp3) is 0.185. The first kappa shape index (κ1) is 19.8. The molecular weight excluding hydrogens is 368 g/mol. The molecular formula is C27H26N2O. The van der Waals surface area contributed by atoms with E-state index in [9.17, 15) is 0 Å². The molecule has 0 atom stereocenters. The molecule has 3 heteroatoms. The molecule has 150 valence electrons. The van der Waals surface area contributed by atoms with Gasteiger partial charge in [-0.15, -0.1) is 0 Å². The van der Waals surface area contributed by atoms with Crippen molar-refractivity contribution < 1.29 is 4.74 Å². The number of hydrogen-bond acceptors (Lipinski definition) is 3. The van der Waals surface area contributed by atoms with E-state index >= 15 is 0 Å². The van der Waals surface area contributed by atoms with Crippen LogP contribution in [0, 0.1) is 13.8 Å². The maximum atomic E-state index is 5.87. The molecule has 1 heterocycles. The number of aryl methyl sites for hydroxylation is 4. The van der Waals surface area contributed by atoms with Crippen molar-refractivity contribution in [1.82, 2.24) is 9.97 Å². The van der Waals surface area contributed by atoms with E-state index in [0.717, 1.165) is 35.5 Å². The van der Waals surface area contributed by atoms with Gasteiger partial charge in [0.2, 0.25) is 0 Å². The largest absolute Gasteiger partial charge is 0.489 e. The van der Waals surface area contributed by atoms with E-state index < -0.39 is 0 Å². The van der Waals surface area contributed by atoms with E-state index in [1.165, 1.54) is 22.3 Å². The van der Waals surface area contributed by atoms with Gasteiger partial charge in [-0.05, 0) is 60.2 Å². The Balaban J connectivity index is 1.33. The van der Waals surface area contributed by atoms with Gasteiger partial charge in [0.25, 0.3) is 0 Å². The Morgan fingerprint density at radius 2 is 1.17 bits per heavy atom. The van der Waals surface area contributed by atoms with Crippen molar-refractivity contribution in [1.29, 1.82) is 0 Å². The van der Waals surface area contributed by atoms with E-state index in [0.29, 0.717) is 6.61 Å². The number of aromatic nitrogens is 2. The molecule has 0 aliphatic heterocycles. The van der Waals surface area contributed by atoms with E-state index in [2.05, 4.69) is 77.6 Å². The molecule has 4 aromatic rings. The second kappa shape index (κ2) is 9.36. The minimum Gasteiger partial charge on any atom is -0.489 e. The molecule has 0 N–H and O–H groups in total. The number of benzene rings is 3. The second-order valence-electron chi connectivity index (χ2n) is 7.67. The molecule has 3 nitrogen and oxygen atoms in total. The number of hydrogen-bond donors (Lipinski definition) is 0. The maximum absolute atomic E-state index is 5.87. The van der Waals surface area contributed by atoms with E-state index in [4.69, 9.17) is 4.74 Å². The molecule has 0 spiro atoms. The van der Waals surface area contributed by atoms with Crippen molar-refractivity contribution >= 4 is 0 Å². The summed E-state index contributed by atoms with van der Waals surface area (Å²) in [7, 11) is 0. The van der Waals surface area contributed by atoms with Crippen LogP contribution in [0.15, 0.2) is 85.2 Å². The summed E-state index contributed by atoms with van der Waals surface area (Å²) in [5, 5.41) is 0. The van der Waals surface area contributed by atoms with Crippen LogP contribution in [0.25, 0.3) is 11.1 Å². The van der Waals surface area contributed by atoms with Gasteiger partial charge in [-0.1, -0.05) is 66.2 Å².